The molecule has 0 aromatic heterocycles. The van der Waals surface area contributed by atoms with E-state index in [0.717, 1.165) is 12.1 Å². The molecule has 0 unspecified atom stereocenters. The van der Waals surface area contributed by atoms with Gasteiger partial charge in [0.2, 0.25) is 0 Å². The van der Waals surface area contributed by atoms with Crippen molar-refractivity contribution in [2.45, 2.75) is 10.4 Å². The lowest BCUT2D eigenvalue weighted by Gasteiger charge is -2.23. The van der Waals surface area contributed by atoms with Crippen LogP contribution in [0.2, 0.25) is 0 Å². The fourth-order valence-electron chi connectivity index (χ4n) is 1.66. The summed E-state index contributed by atoms with van der Waals surface area (Å²) in [6, 6.07) is 4.33. The number of nitrogens with zero attached hydrogens (tertiary/aromatic N) is 1. The Hall–Kier alpha value is -1.32. The van der Waals surface area contributed by atoms with Gasteiger partial charge in [-0.05, 0) is 24.3 Å². The minimum atomic E-state index is -5.34. The van der Waals surface area contributed by atoms with E-state index < -0.39 is 20.2 Å². The van der Waals surface area contributed by atoms with Crippen molar-refractivity contribution in [3.8, 4) is 0 Å². The molecule has 0 aliphatic heterocycles. The lowest BCUT2D eigenvalue weighted by molar-refractivity contribution is -0.0436. The van der Waals surface area contributed by atoms with Gasteiger partial charge >= 0.3 is 5.51 Å². The monoisotopic (exact) mass is 327 g/mol. The van der Waals surface area contributed by atoms with Gasteiger partial charge in [0.25, 0.3) is 9.84 Å². The van der Waals surface area contributed by atoms with Crippen LogP contribution in [0.4, 0.5) is 18.9 Å². The van der Waals surface area contributed by atoms with E-state index in [1.807, 2.05) is 0 Å². The van der Waals surface area contributed by atoms with Gasteiger partial charge in [0.1, 0.15) is 0 Å². The van der Waals surface area contributed by atoms with Crippen molar-refractivity contribution >= 4 is 15.5 Å². The second kappa shape index (κ2) is 7.10. The van der Waals surface area contributed by atoms with Crippen LogP contribution in [-0.4, -0.2) is 52.4 Å². The van der Waals surface area contributed by atoms with Gasteiger partial charge in [0.15, 0.2) is 0 Å². The predicted molar refractivity (Wildman–Crippen MR) is 70.9 cm³/mol. The number of aliphatic hydroxyl groups excluding tert-OH is 1. The molecule has 0 amide bonds. The van der Waals surface area contributed by atoms with Gasteiger partial charge in [-0.15, -0.1) is 0 Å². The molecule has 21 heavy (non-hydrogen) atoms. The summed E-state index contributed by atoms with van der Waals surface area (Å²) in [5, 5.41) is 8.96. The Balaban J connectivity index is 3.00. The molecule has 0 saturated carbocycles. The fourth-order valence-corrected chi connectivity index (χ4v) is 2.42. The van der Waals surface area contributed by atoms with Crippen LogP contribution in [0.3, 0.4) is 0 Å². The average Bonchev–Trinajstić information content (AvgIpc) is 2.42. The maximum Gasteiger partial charge on any atom is 0.501 e. The topological polar surface area (TPSA) is 66.8 Å². The minimum absolute atomic E-state index is 0.147. The molecule has 1 aromatic carbocycles. The Bertz CT molecular complexity index is 543. The Morgan fingerprint density at radius 1 is 1.19 bits per heavy atom. The smallest absolute Gasteiger partial charge is 0.395 e. The summed E-state index contributed by atoms with van der Waals surface area (Å²) in [7, 11) is -3.84. The zero-order valence-electron chi connectivity index (χ0n) is 11.3. The summed E-state index contributed by atoms with van der Waals surface area (Å²) in [4.78, 5) is 0.863. The van der Waals surface area contributed by atoms with Crippen LogP contribution < -0.4 is 4.90 Å². The zero-order chi connectivity index (χ0) is 16.1. The largest absolute Gasteiger partial charge is 0.501 e. The number of rotatable bonds is 7. The van der Waals surface area contributed by atoms with Crippen LogP contribution in [0.15, 0.2) is 29.2 Å². The number of anilines is 1. The molecule has 120 valence electrons. The van der Waals surface area contributed by atoms with Crippen molar-refractivity contribution in [1.29, 1.82) is 0 Å². The number of halogens is 3. The van der Waals surface area contributed by atoms with Gasteiger partial charge in [0, 0.05) is 25.9 Å². The molecule has 0 atom stereocenters. The van der Waals surface area contributed by atoms with Crippen molar-refractivity contribution in [3.63, 3.8) is 0 Å². The zero-order valence-corrected chi connectivity index (χ0v) is 12.1. The van der Waals surface area contributed by atoms with Gasteiger partial charge in [-0.3, -0.25) is 0 Å². The predicted octanol–water partition coefficient (Wildman–Crippen LogP) is 1.43. The number of benzene rings is 1. The molecule has 0 radical (unpaired) electrons. The normalized spacial score (nSPS) is 12.4. The summed E-state index contributed by atoms with van der Waals surface area (Å²) in [5.41, 5.74) is -4.82. The van der Waals surface area contributed by atoms with Gasteiger partial charge in [-0.2, -0.15) is 13.2 Å². The highest BCUT2D eigenvalue weighted by Crippen LogP contribution is 2.31. The van der Waals surface area contributed by atoms with E-state index in [2.05, 4.69) is 0 Å². The maximum atomic E-state index is 12.4. The SMILES string of the molecule is COCCN(CCO)c1ccc(S(=O)(=O)C(F)(F)F)cc1. The molecule has 0 spiro atoms. The standard InChI is InChI=1S/C12H16F3NO4S/c1-20-9-7-16(6-8-17)10-2-4-11(5-3-10)21(18,19)12(13,14)15/h2-5,17H,6-9H2,1H3. The number of aliphatic hydroxyl groups is 1. The minimum Gasteiger partial charge on any atom is -0.395 e. The van der Waals surface area contributed by atoms with E-state index in [-0.39, 0.29) is 13.2 Å². The quantitative estimate of drug-likeness (QED) is 0.820. The van der Waals surface area contributed by atoms with Crippen LogP contribution in [0.5, 0.6) is 0 Å². The average molecular weight is 327 g/mol. The molecule has 5 nitrogen and oxygen atoms in total. The number of methoxy groups -OCH3 is 1. The van der Waals surface area contributed by atoms with Crippen LogP contribution >= 0.6 is 0 Å². The number of ether oxygens (including phenoxy) is 1. The van der Waals surface area contributed by atoms with E-state index in [4.69, 9.17) is 9.84 Å². The Kier molecular flexibility index (Phi) is 5.99. The third kappa shape index (κ3) is 4.32. The molecule has 0 heterocycles. The van der Waals surface area contributed by atoms with Crippen molar-refractivity contribution in [2.75, 3.05) is 38.3 Å². The molecule has 9 heteroatoms. The summed E-state index contributed by atoms with van der Waals surface area (Å²) in [6.07, 6.45) is 0. The molecule has 1 rings (SSSR count). The Labute approximate surface area is 120 Å². The third-order valence-electron chi connectivity index (χ3n) is 2.75. The lowest BCUT2D eigenvalue weighted by Crippen LogP contribution is -2.30. The summed E-state index contributed by atoms with van der Waals surface area (Å²) in [5.74, 6) is 0. The van der Waals surface area contributed by atoms with E-state index in [1.54, 1.807) is 4.90 Å². The summed E-state index contributed by atoms with van der Waals surface area (Å²) >= 11 is 0. The molecular formula is C12H16F3NO4S. The highest BCUT2D eigenvalue weighted by atomic mass is 32.2. The van der Waals surface area contributed by atoms with Crippen molar-refractivity contribution in [2.24, 2.45) is 0 Å². The van der Waals surface area contributed by atoms with E-state index >= 15 is 0 Å². The van der Waals surface area contributed by atoms with Gasteiger partial charge in [-0.25, -0.2) is 8.42 Å². The second-order valence-electron chi connectivity index (χ2n) is 4.15. The molecule has 0 bridgehead atoms. The number of sulfone groups is 1. The molecular weight excluding hydrogens is 311 g/mol. The number of alkyl halides is 3. The highest BCUT2D eigenvalue weighted by Gasteiger charge is 2.46. The Morgan fingerprint density at radius 3 is 2.19 bits per heavy atom. The highest BCUT2D eigenvalue weighted by molar-refractivity contribution is 7.92. The first-order valence-corrected chi connectivity index (χ1v) is 7.48. The summed E-state index contributed by atoms with van der Waals surface area (Å²) < 4.78 is 64.6. The molecule has 0 saturated heterocycles. The van der Waals surface area contributed by atoms with Gasteiger partial charge < -0.3 is 14.7 Å². The lowest BCUT2D eigenvalue weighted by atomic mass is 10.3. The van der Waals surface area contributed by atoms with E-state index in [9.17, 15) is 21.6 Å². The fraction of sp³-hybridized carbons (Fsp3) is 0.500. The van der Waals surface area contributed by atoms with Gasteiger partial charge in [-0.1, -0.05) is 0 Å². The van der Waals surface area contributed by atoms with Crippen LogP contribution in [0, 0.1) is 0 Å². The maximum absolute atomic E-state index is 12.4. The van der Waals surface area contributed by atoms with Crippen LogP contribution in [-0.2, 0) is 14.6 Å². The number of hydrogen-bond acceptors (Lipinski definition) is 5. The van der Waals surface area contributed by atoms with Crippen LogP contribution in [0.25, 0.3) is 0 Å². The van der Waals surface area contributed by atoms with E-state index in [1.165, 1.54) is 19.2 Å². The second-order valence-corrected chi connectivity index (χ2v) is 6.09. The van der Waals surface area contributed by atoms with Crippen molar-refractivity contribution in [3.05, 3.63) is 24.3 Å². The molecule has 1 N–H and O–H groups in total. The molecule has 0 aliphatic rings. The molecule has 0 fully saturated rings. The first-order chi connectivity index (χ1) is 9.74. The van der Waals surface area contributed by atoms with Gasteiger partial charge in [0.05, 0.1) is 18.1 Å². The first-order valence-electron chi connectivity index (χ1n) is 6.00. The number of hydrogen-bond donors (Lipinski definition) is 1. The Morgan fingerprint density at radius 2 is 1.76 bits per heavy atom. The molecule has 0 aliphatic carbocycles. The van der Waals surface area contributed by atoms with Crippen LogP contribution in [0.1, 0.15) is 0 Å². The van der Waals surface area contributed by atoms with Crippen molar-refractivity contribution in [1.82, 2.24) is 0 Å². The third-order valence-corrected chi connectivity index (χ3v) is 4.25. The first kappa shape index (κ1) is 17.7. The summed E-state index contributed by atoms with van der Waals surface area (Å²) in [6.45, 7) is 0.895. The van der Waals surface area contributed by atoms with E-state index in [0.29, 0.717) is 18.8 Å². The van der Waals surface area contributed by atoms with Crippen molar-refractivity contribution < 1.29 is 31.4 Å². The molecule has 1 aromatic rings.